The Hall–Kier alpha value is -1.42. The van der Waals surface area contributed by atoms with Gasteiger partial charge in [-0.3, -0.25) is 4.79 Å². The maximum absolute atomic E-state index is 13.2. The zero-order chi connectivity index (χ0) is 16.2. The lowest BCUT2D eigenvalue weighted by molar-refractivity contribution is -0.133. The van der Waals surface area contributed by atoms with Crippen molar-refractivity contribution in [2.24, 2.45) is 5.92 Å². The number of carbonyl (C=O) groups is 1. The highest BCUT2D eigenvalue weighted by atomic mass is 19.1. The highest BCUT2D eigenvalue weighted by molar-refractivity contribution is 5.76. The van der Waals surface area contributed by atoms with Gasteiger partial charge in [-0.25, -0.2) is 4.39 Å². The van der Waals surface area contributed by atoms with E-state index in [0.717, 1.165) is 37.9 Å². The maximum atomic E-state index is 13.2. The van der Waals surface area contributed by atoms with Gasteiger partial charge in [-0.1, -0.05) is 19.1 Å². The van der Waals surface area contributed by atoms with E-state index < -0.39 is 0 Å². The summed E-state index contributed by atoms with van der Waals surface area (Å²) in [6.07, 6.45) is 4.88. The first-order valence-electron chi connectivity index (χ1n) is 8.88. The quantitative estimate of drug-likeness (QED) is 0.833. The standard InChI is InChI=1S/C19H27FN2O/c1-15(12-16-4-2-5-17(20)14-16)13-19(23)22-10-6-18(7-11-22)21-8-3-9-21/h2,4-5,14-15,18H,3,6-13H2,1H3. The van der Waals surface area contributed by atoms with Gasteiger partial charge in [0.25, 0.3) is 0 Å². The third-order valence-electron chi connectivity index (χ3n) is 5.22. The summed E-state index contributed by atoms with van der Waals surface area (Å²) in [5.41, 5.74) is 0.974. The molecule has 2 saturated heterocycles. The molecule has 0 saturated carbocycles. The van der Waals surface area contributed by atoms with Crippen LogP contribution in [0.3, 0.4) is 0 Å². The molecule has 1 unspecified atom stereocenters. The number of hydrogen-bond donors (Lipinski definition) is 0. The molecule has 3 nitrogen and oxygen atoms in total. The number of nitrogens with zero attached hydrogens (tertiary/aromatic N) is 2. The van der Waals surface area contributed by atoms with Gasteiger partial charge in [0.05, 0.1) is 0 Å². The molecule has 1 amide bonds. The van der Waals surface area contributed by atoms with Crippen LogP contribution in [0, 0.1) is 11.7 Å². The van der Waals surface area contributed by atoms with Crippen LogP contribution in [-0.4, -0.2) is 47.9 Å². The molecule has 0 aliphatic carbocycles. The second kappa shape index (κ2) is 7.43. The van der Waals surface area contributed by atoms with E-state index in [0.29, 0.717) is 12.5 Å². The monoisotopic (exact) mass is 318 g/mol. The lowest BCUT2D eigenvalue weighted by atomic mass is 9.95. The van der Waals surface area contributed by atoms with Crippen molar-refractivity contribution >= 4 is 5.91 Å². The van der Waals surface area contributed by atoms with Crippen LogP contribution in [0.25, 0.3) is 0 Å². The zero-order valence-corrected chi connectivity index (χ0v) is 14.0. The lowest BCUT2D eigenvalue weighted by Crippen LogP contribution is -2.51. The molecular weight excluding hydrogens is 291 g/mol. The summed E-state index contributed by atoms with van der Waals surface area (Å²) in [6, 6.07) is 7.39. The Balaban J connectivity index is 1.43. The summed E-state index contributed by atoms with van der Waals surface area (Å²) >= 11 is 0. The summed E-state index contributed by atoms with van der Waals surface area (Å²) in [5, 5.41) is 0. The van der Waals surface area contributed by atoms with Crippen molar-refractivity contribution < 1.29 is 9.18 Å². The molecular formula is C19H27FN2O. The molecule has 1 aromatic rings. The Morgan fingerprint density at radius 1 is 1.26 bits per heavy atom. The molecule has 0 radical (unpaired) electrons. The number of carbonyl (C=O) groups excluding carboxylic acids is 1. The molecule has 2 aliphatic rings. The topological polar surface area (TPSA) is 23.6 Å². The molecule has 2 fully saturated rings. The van der Waals surface area contributed by atoms with E-state index >= 15 is 0 Å². The number of amides is 1. The van der Waals surface area contributed by atoms with Gasteiger partial charge in [-0.2, -0.15) is 0 Å². The van der Waals surface area contributed by atoms with E-state index in [1.165, 1.54) is 25.6 Å². The molecule has 0 bridgehead atoms. The minimum absolute atomic E-state index is 0.200. The van der Waals surface area contributed by atoms with E-state index in [1.807, 2.05) is 11.0 Å². The maximum Gasteiger partial charge on any atom is 0.222 e. The van der Waals surface area contributed by atoms with Gasteiger partial charge in [-0.05, 0) is 62.4 Å². The molecule has 1 atom stereocenters. The molecule has 0 aromatic heterocycles. The van der Waals surface area contributed by atoms with Gasteiger partial charge in [0.15, 0.2) is 0 Å². The first kappa shape index (κ1) is 16.4. The molecule has 2 aliphatic heterocycles. The highest BCUT2D eigenvalue weighted by Gasteiger charge is 2.29. The summed E-state index contributed by atoms with van der Waals surface area (Å²) in [5.74, 6) is 0.308. The fraction of sp³-hybridized carbons (Fsp3) is 0.632. The van der Waals surface area contributed by atoms with Crippen molar-refractivity contribution in [3.8, 4) is 0 Å². The fourth-order valence-corrected chi connectivity index (χ4v) is 3.75. The Morgan fingerprint density at radius 2 is 2.00 bits per heavy atom. The predicted octanol–water partition coefficient (Wildman–Crippen LogP) is 3.09. The highest BCUT2D eigenvalue weighted by Crippen LogP contribution is 2.22. The third-order valence-corrected chi connectivity index (χ3v) is 5.22. The van der Waals surface area contributed by atoms with E-state index in [-0.39, 0.29) is 17.6 Å². The van der Waals surface area contributed by atoms with E-state index in [4.69, 9.17) is 0 Å². The normalized spacial score (nSPS) is 21.0. The van der Waals surface area contributed by atoms with Crippen LogP contribution in [0.5, 0.6) is 0 Å². The minimum atomic E-state index is -0.200. The molecule has 2 heterocycles. The van der Waals surface area contributed by atoms with Crippen LogP contribution in [0.15, 0.2) is 24.3 Å². The average molecular weight is 318 g/mol. The number of benzene rings is 1. The van der Waals surface area contributed by atoms with Gasteiger partial charge in [0.1, 0.15) is 5.82 Å². The SMILES string of the molecule is CC(CC(=O)N1CCC(N2CCC2)CC1)Cc1cccc(F)c1. The van der Waals surface area contributed by atoms with Crippen LogP contribution in [0.1, 0.15) is 38.2 Å². The number of rotatable bonds is 5. The Morgan fingerprint density at radius 3 is 2.61 bits per heavy atom. The molecule has 126 valence electrons. The molecule has 0 spiro atoms. The van der Waals surface area contributed by atoms with Crippen molar-refractivity contribution in [1.29, 1.82) is 0 Å². The number of likely N-dealkylation sites (tertiary alicyclic amines) is 2. The van der Waals surface area contributed by atoms with E-state index in [9.17, 15) is 9.18 Å². The van der Waals surface area contributed by atoms with Gasteiger partial charge in [-0.15, -0.1) is 0 Å². The Kier molecular flexibility index (Phi) is 5.31. The van der Waals surface area contributed by atoms with Crippen LogP contribution in [0.2, 0.25) is 0 Å². The first-order valence-corrected chi connectivity index (χ1v) is 8.88. The number of piperidine rings is 1. The number of hydrogen-bond acceptors (Lipinski definition) is 2. The second-order valence-corrected chi connectivity index (χ2v) is 7.14. The van der Waals surface area contributed by atoms with Gasteiger partial charge in [0, 0.05) is 25.6 Å². The molecule has 1 aromatic carbocycles. The predicted molar refractivity (Wildman–Crippen MR) is 89.7 cm³/mol. The summed E-state index contributed by atoms with van der Waals surface area (Å²) in [6.45, 7) is 6.35. The summed E-state index contributed by atoms with van der Waals surface area (Å²) in [7, 11) is 0. The molecule has 0 N–H and O–H groups in total. The largest absolute Gasteiger partial charge is 0.343 e. The molecule has 4 heteroatoms. The van der Waals surface area contributed by atoms with Gasteiger partial charge in [0.2, 0.25) is 5.91 Å². The smallest absolute Gasteiger partial charge is 0.222 e. The van der Waals surface area contributed by atoms with Gasteiger partial charge >= 0.3 is 0 Å². The van der Waals surface area contributed by atoms with Crippen molar-refractivity contribution in [2.45, 2.75) is 45.1 Å². The zero-order valence-electron chi connectivity index (χ0n) is 14.0. The average Bonchev–Trinajstić information content (AvgIpc) is 2.46. The van der Waals surface area contributed by atoms with E-state index in [1.54, 1.807) is 12.1 Å². The first-order chi connectivity index (χ1) is 11.1. The van der Waals surface area contributed by atoms with Gasteiger partial charge < -0.3 is 9.80 Å². The van der Waals surface area contributed by atoms with Crippen LogP contribution in [0.4, 0.5) is 4.39 Å². The second-order valence-electron chi connectivity index (χ2n) is 7.14. The van der Waals surface area contributed by atoms with Crippen LogP contribution in [-0.2, 0) is 11.2 Å². The lowest BCUT2D eigenvalue weighted by Gasteiger charge is -2.43. The minimum Gasteiger partial charge on any atom is -0.343 e. The van der Waals surface area contributed by atoms with E-state index in [2.05, 4.69) is 11.8 Å². The van der Waals surface area contributed by atoms with Crippen LogP contribution >= 0.6 is 0 Å². The Bertz CT molecular complexity index is 536. The third kappa shape index (κ3) is 4.31. The molecule has 23 heavy (non-hydrogen) atoms. The van der Waals surface area contributed by atoms with Crippen molar-refractivity contribution in [2.75, 3.05) is 26.2 Å². The van der Waals surface area contributed by atoms with Crippen LogP contribution < -0.4 is 0 Å². The molecule has 3 rings (SSSR count). The van der Waals surface area contributed by atoms with Crippen molar-refractivity contribution in [1.82, 2.24) is 9.80 Å². The van der Waals surface area contributed by atoms with Crippen molar-refractivity contribution in [3.05, 3.63) is 35.6 Å². The summed E-state index contributed by atoms with van der Waals surface area (Å²) < 4.78 is 13.2. The fourth-order valence-electron chi connectivity index (χ4n) is 3.75. The number of halogens is 1. The van der Waals surface area contributed by atoms with Crippen molar-refractivity contribution in [3.63, 3.8) is 0 Å². The Labute approximate surface area is 138 Å². The summed E-state index contributed by atoms with van der Waals surface area (Å²) in [4.78, 5) is 17.0.